The van der Waals surface area contributed by atoms with Crippen LogP contribution in [-0.4, -0.2) is 18.5 Å². The first kappa shape index (κ1) is 11.6. The van der Waals surface area contributed by atoms with E-state index in [9.17, 15) is 4.79 Å². The molecule has 0 saturated carbocycles. The summed E-state index contributed by atoms with van der Waals surface area (Å²) in [6, 6.07) is 2.16. The minimum Gasteiger partial charge on any atom is -0.352 e. The van der Waals surface area contributed by atoms with E-state index in [1.54, 1.807) is 11.3 Å². The molecule has 3 N–H and O–H groups in total. The number of rotatable bonds is 3. The summed E-state index contributed by atoms with van der Waals surface area (Å²) in [6.45, 7) is 2.43. The predicted molar refractivity (Wildman–Crippen MR) is 66.7 cm³/mol. The highest BCUT2D eigenvalue weighted by Gasteiger charge is 2.27. The number of nitrogens with two attached hydrogens (primary N) is 1. The Kier molecular flexibility index (Phi) is 3.61. The summed E-state index contributed by atoms with van der Waals surface area (Å²) in [4.78, 5) is 13.4. The Morgan fingerprint density at radius 3 is 3.31 bits per heavy atom. The Labute approximate surface area is 100 Å². The van der Waals surface area contributed by atoms with Gasteiger partial charge in [0.2, 0.25) is 5.91 Å². The van der Waals surface area contributed by atoms with Crippen LogP contribution >= 0.6 is 11.3 Å². The van der Waals surface area contributed by atoms with Crippen LogP contribution in [0.3, 0.4) is 0 Å². The largest absolute Gasteiger partial charge is 0.352 e. The van der Waals surface area contributed by atoms with Crippen LogP contribution in [0.15, 0.2) is 11.4 Å². The zero-order chi connectivity index (χ0) is 11.5. The van der Waals surface area contributed by atoms with Crippen LogP contribution in [0.25, 0.3) is 0 Å². The fraction of sp³-hybridized carbons (Fsp3) is 0.583. The van der Waals surface area contributed by atoms with E-state index in [4.69, 9.17) is 5.73 Å². The van der Waals surface area contributed by atoms with Crippen molar-refractivity contribution in [3.05, 3.63) is 21.9 Å². The minimum atomic E-state index is 0.0454. The number of amides is 1. The van der Waals surface area contributed by atoms with Gasteiger partial charge in [-0.3, -0.25) is 4.79 Å². The number of thiophene rings is 1. The molecule has 1 heterocycles. The molecule has 2 unspecified atom stereocenters. The second-order valence-corrected chi connectivity index (χ2v) is 5.39. The summed E-state index contributed by atoms with van der Waals surface area (Å²) >= 11 is 1.77. The zero-order valence-corrected chi connectivity index (χ0v) is 10.3. The molecule has 0 radical (unpaired) electrons. The van der Waals surface area contributed by atoms with Gasteiger partial charge in [0.05, 0.1) is 5.92 Å². The lowest BCUT2D eigenvalue weighted by atomic mass is 9.87. The van der Waals surface area contributed by atoms with Gasteiger partial charge >= 0.3 is 0 Å². The fourth-order valence-corrected chi connectivity index (χ4v) is 3.15. The monoisotopic (exact) mass is 238 g/mol. The first-order chi connectivity index (χ1) is 7.72. The maximum Gasteiger partial charge on any atom is 0.227 e. The lowest BCUT2D eigenvalue weighted by molar-refractivity contribution is -0.123. The number of hydrogen-bond donors (Lipinski definition) is 2. The summed E-state index contributed by atoms with van der Waals surface area (Å²) in [6.07, 6.45) is 3.21. The van der Waals surface area contributed by atoms with Gasteiger partial charge in [0.15, 0.2) is 0 Å². The van der Waals surface area contributed by atoms with Crippen molar-refractivity contribution >= 4 is 17.2 Å². The Hall–Kier alpha value is -0.870. The van der Waals surface area contributed by atoms with E-state index in [-0.39, 0.29) is 17.9 Å². The first-order valence-electron chi connectivity index (χ1n) is 5.79. The van der Waals surface area contributed by atoms with Gasteiger partial charge in [-0.15, -0.1) is 11.3 Å². The molecule has 88 valence electrons. The van der Waals surface area contributed by atoms with Crippen LogP contribution < -0.4 is 11.1 Å². The second kappa shape index (κ2) is 4.97. The molecule has 3 nitrogen and oxygen atoms in total. The van der Waals surface area contributed by atoms with Crippen molar-refractivity contribution in [1.82, 2.24) is 5.32 Å². The van der Waals surface area contributed by atoms with Gasteiger partial charge in [0.1, 0.15) is 0 Å². The lowest BCUT2D eigenvalue weighted by Gasteiger charge is -2.23. The van der Waals surface area contributed by atoms with Crippen molar-refractivity contribution in [2.75, 3.05) is 6.54 Å². The molecule has 1 amide bonds. The molecular weight excluding hydrogens is 220 g/mol. The molecule has 1 aromatic heterocycles. The maximum atomic E-state index is 12.1. The normalized spacial score (nSPS) is 21.2. The average Bonchev–Trinajstić information content (AvgIpc) is 2.76. The topological polar surface area (TPSA) is 55.1 Å². The summed E-state index contributed by atoms with van der Waals surface area (Å²) in [5, 5.41) is 5.06. The third kappa shape index (κ3) is 2.28. The summed E-state index contributed by atoms with van der Waals surface area (Å²) in [7, 11) is 0. The van der Waals surface area contributed by atoms with E-state index < -0.39 is 0 Å². The minimum absolute atomic E-state index is 0.0454. The van der Waals surface area contributed by atoms with Crippen LogP contribution in [0.1, 0.15) is 36.1 Å². The number of fused-ring (bicyclic) bond motifs is 1. The molecule has 1 aromatic rings. The van der Waals surface area contributed by atoms with Gasteiger partial charge in [-0.05, 0) is 43.2 Å². The van der Waals surface area contributed by atoms with Gasteiger partial charge in [-0.2, -0.15) is 0 Å². The molecule has 2 atom stereocenters. The van der Waals surface area contributed by atoms with Crippen LogP contribution in [0.5, 0.6) is 0 Å². The van der Waals surface area contributed by atoms with Gasteiger partial charge < -0.3 is 11.1 Å². The molecule has 0 spiro atoms. The van der Waals surface area contributed by atoms with E-state index in [0.29, 0.717) is 6.54 Å². The molecule has 1 aliphatic rings. The van der Waals surface area contributed by atoms with Crippen LogP contribution in [-0.2, 0) is 11.2 Å². The molecule has 0 saturated heterocycles. The van der Waals surface area contributed by atoms with E-state index in [0.717, 1.165) is 19.3 Å². The highest BCUT2D eigenvalue weighted by molar-refractivity contribution is 7.10. The molecule has 0 bridgehead atoms. The van der Waals surface area contributed by atoms with Crippen molar-refractivity contribution in [3.63, 3.8) is 0 Å². The fourth-order valence-electron chi connectivity index (χ4n) is 2.16. The third-order valence-corrected chi connectivity index (χ3v) is 4.11. The number of carbonyl (C=O) groups excluding carboxylic acids is 1. The predicted octanol–water partition coefficient (Wildman–Crippen LogP) is 1.63. The van der Waals surface area contributed by atoms with Crippen LogP contribution in [0, 0.1) is 0 Å². The van der Waals surface area contributed by atoms with Crippen molar-refractivity contribution in [2.24, 2.45) is 5.73 Å². The second-order valence-electron chi connectivity index (χ2n) is 4.39. The van der Waals surface area contributed by atoms with Crippen LogP contribution in [0.2, 0.25) is 0 Å². The van der Waals surface area contributed by atoms with Gasteiger partial charge in [-0.1, -0.05) is 0 Å². The van der Waals surface area contributed by atoms with E-state index in [2.05, 4.69) is 16.8 Å². The average molecular weight is 238 g/mol. The van der Waals surface area contributed by atoms with Gasteiger partial charge in [-0.25, -0.2) is 0 Å². The van der Waals surface area contributed by atoms with E-state index >= 15 is 0 Å². The highest BCUT2D eigenvalue weighted by atomic mass is 32.1. The molecule has 16 heavy (non-hydrogen) atoms. The number of aryl methyl sites for hydroxylation is 1. The summed E-state index contributed by atoms with van der Waals surface area (Å²) in [5.41, 5.74) is 6.75. The van der Waals surface area contributed by atoms with E-state index in [1.807, 2.05) is 6.92 Å². The standard InChI is InChI=1S/C12H18N2OS/c1-8(7-13)14-12(15)10-3-2-4-11-9(10)5-6-16-11/h5-6,8,10H,2-4,7,13H2,1H3,(H,14,15). The Morgan fingerprint density at radius 1 is 1.75 bits per heavy atom. The molecular formula is C12H18N2OS. The number of nitrogens with one attached hydrogen (secondary N) is 1. The molecule has 2 rings (SSSR count). The van der Waals surface area contributed by atoms with Gasteiger partial charge in [0, 0.05) is 17.5 Å². The van der Waals surface area contributed by atoms with Crippen LogP contribution in [0.4, 0.5) is 0 Å². The lowest BCUT2D eigenvalue weighted by Crippen LogP contribution is -2.41. The summed E-state index contributed by atoms with van der Waals surface area (Å²) < 4.78 is 0. The van der Waals surface area contributed by atoms with Crippen molar-refractivity contribution in [1.29, 1.82) is 0 Å². The van der Waals surface area contributed by atoms with Gasteiger partial charge in [0.25, 0.3) is 0 Å². The Morgan fingerprint density at radius 2 is 2.56 bits per heavy atom. The first-order valence-corrected chi connectivity index (χ1v) is 6.67. The van der Waals surface area contributed by atoms with E-state index in [1.165, 1.54) is 10.4 Å². The molecule has 1 aliphatic carbocycles. The zero-order valence-electron chi connectivity index (χ0n) is 9.53. The van der Waals surface area contributed by atoms with Crippen molar-refractivity contribution < 1.29 is 4.79 Å². The van der Waals surface area contributed by atoms with Crippen molar-refractivity contribution in [3.8, 4) is 0 Å². The molecule has 0 aromatic carbocycles. The molecule has 0 fully saturated rings. The highest BCUT2D eigenvalue weighted by Crippen LogP contribution is 2.34. The number of carbonyl (C=O) groups is 1. The smallest absolute Gasteiger partial charge is 0.227 e. The Balaban J connectivity index is 2.09. The summed E-state index contributed by atoms with van der Waals surface area (Å²) in [5.74, 6) is 0.182. The third-order valence-electron chi connectivity index (χ3n) is 3.11. The molecule has 0 aliphatic heterocycles. The van der Waals surface area contributed by atoms with Crippen molar-refractivity contribution in [2.45, 2.75) is 38.1 Å². The Bertz CT molecular complexity index is 375. The maximum absolute atomic E-state index is 12.1. The molecule has 4 heteroatoms. The quantitative estimate of drug-likeness (QED) is 0.841. The SMILES string of the molecule is CC(CN)NC(=O)C1CCCc2sccc21. The number of hydrogen-bond acceptors (Lipinski definition) is 3.